The SMILES string of the molecule is c1ccc(C2c3ccccc3-c3nccn32)cc1. The van der Waals surface area contributed by atoms with E-state index in [9.17, 15) is 0 Å². The highest BCUT2D eigenvalue weighted by Crippen LogP contribution is 2.41. The highest BCUT2D eigenvalue weighted by atomic mass is 15.1. The lowest BCUT2D eigenvalue weighted by Gasteiger charge is -2.14. The van der Waals surface area contributed by atoms with E-state index in [0.717, 1.165) is 5.82 Å². The van der Waals surface area contributed by atoms with Crippen LogP contribution >= 0.6 is 0 Å². The number of benzene rings is 2. The second-order valence-corrected chi connectivity index (χ2v) is 4.56. The minimum Gasteiger partial charge on any atom is -0.319 e. The largest absolute Gasteiger partial charge is 0.319 e. The summed E-state index contributed by atoms with van der Waals surface area (Å²) in [5, 5.41) is 0. The summed E-state index contributed by atoms with van der Waals surface area (Å²) in [7, 11) is 0. The van der Waals surface area contributed by atoms with Crippen molar-refractivity contribution in [1.82, 2.24) is 9.55 Å². The highest BCUT2D eigenvalue weighted by molar-refractivity contribution is 5.68. The van der Waals surface area contributed by atoms with Crippen LogP contribution in [0.1, 0.15) is 17.2 Å². The molecule has 0 amide bonds. The smallest absolute Gasteiger partial charge is 0.141 e. The van der Waals surface area contributed by atoms with E-state index >= 15 is 0 Å². The van der Waals surface area contributed by atoms with Gasteiger partial charge in [-0.25, -0.2) is 4.98 Å². The van der Waals surface area contributed by atoms with Gasteiger partial charge in [-0.2, -0.15) is 0 Å². The molecule has 18 heavy (non-hydrogen) atoms. The van der Waals surface area contributed by atoms with Crippen LogP contribution in [0.2, 0.25) is 0 Å². The molecule has 2 heteroatoms. The van der Waals surface area contributed by atoms with Gasteiger partial charge in [-0.15, -0.1) is 0 Å². The summed E-state index contributed by atoms with van der Waals surface area (Å²) in [6.07, 6.45) is 3.94. The second-order valence-electron chi connectivity index (χ2n) is 4.56. The fraction of sp³-hybridized carbons (Fsp3) is 0.0625. The van der Waals surface area contributed by atoms with Crippen molar-refractivity contribution in [3.05, 3.63) is 78.1 Å². The van der Waals surface area contributed by atoms with Gasteiger partial charge in [0.1, 0.15) is 5.82 Å². The molecular formula is C16H12N2. The molecule has 1 aliphatic heterocycles. The monoisotopic (exact) mass is 232 g/mol. The van der Waals surface area contributed by atoms with Crippen molar-refractivity contribution in [2.45, 2.75) is 6.04 Å². The minimum atomic E-state index is 0.264. The maximum Gasteiger partial charge on any atom is 0.141 e. The summed E-state index contributed by atoms with van der Waals surface area (Å²) < 4.78 is 2.25. The Kier molecular flexibility index (Phi) is 1.92. The van der Waals surface area contributed by atoms with E-state index in [0.29, 0.717) is 0 Å². The molecule has 2 nitrogen and oxygen atoms in total. The van der Waals surface area contributed by atoms with Crippen LogP contribution in [0.4, 0.5) is 0 Å². The molecule has 1 aromatic heterocycles. The third-order valence-corrected chi connectivity index (χ3v) is 3.56. The summed E-state index contributed by atoms with van der Waals surface area (Å²) >= 11 is 0. The van der Waals surface area contributed by atoms with Crippen LogP contribution in [0, 0.1) is 0 Å². The van der Waals surface area contributed by atoms with Gasteiger partial charge in [-0.3, -0.25) is 0 Å². The van der Waals surface area contributed by atoms with Crippen molar-refractivity contribution < 1.29 is 0 Å². The van der Waals surface area contributed by atoms with Crippen LogP contribution in [0.3, 0.4) is 0 Å². The van der Waals surface area contributed by atoms with Gasteiger partial charge in [0.05, 0.1) is 6.04 Å². The third kappa shape index (κ3) is 1.20. The molecule has 1 atom stereocenters. The Balaban J connectivity index is 2.00. The quantitative estimate of drug-likeness (QED) is 0.491. The molecule has 2 heterocycles. The molecule has 86 valence electrons. The summed E-state index contributed by atoms with van der Waals surface area (Å²) in [4.78, 5) is 4.48. The van der Waals surface area contributed by atoms with Gasteiger partial charge < -0.3 is 4.57 Å². The highest BCUT2D eigenvalue weighted by Gasteiger charge is 2.29. The molecule has 0 fully saturated rings. The first-order valence-corrected chi connectivity index (χ1v) is 6.12. The summed E-state index contributed by atoms with van der Waals surface area (Å²) in [6.45, 7) is 0. The molecule has 0 spiro atoms. The van der Waals surface area contributed by atoms with Gasteiger partial charge in [0.15, 0.2) is 0 Å². The molecule has 2 aromatic carbocycles. The van der Waals surface area contributed by atoms with Crippen LogP contribution in [0.5, 0.6) is 0 Å². The Morgan fingerprint density at radius 3 is 2.56 bits per heavy atom. The van der Waals surface area contributed by atoms with E-state index in [4.69, 9.17) is 0 Å². The molecule has 1 unspecified atom stereocenters. The maximum absolute atomic E-state index is 4.48. The molecule has 3 aromatic rings. The first kappa shape index (κ1) is 9.66. The number of hydrogen-bond donors (Lipinski definition) is 0. The lowest BCUT2D eigenvalue weighted by atomic mass is 9.98. The van der Waals surface area contributed by atoms with E-state index < -0.39 is 0 Å². The zero-order chi connectivity index (χ0) is 11.9. The first-order valence-electron chi connectivity index (χ1n) is 6.12. The molecule has 1 aliphatic rings. The van der Waals surface area contributed by atoms with E-state index in [1.54, 1.807) is 0 Å². The fourth-order valence-electron chi connectivity index (χ4n) is 2.79. The predicted molar refractivity (Wildman–Crippen MR) is 71.3 cm³/mol. The average molecular weight is 232 g/mol. The summed E-state index contributed by atoms with van der Waals surface area (Å²) in [6, 6.07) is 19.4. The van der Waals surface area contributed by atoms with E-state index in [2.05, 4.69) is 70.3 Å². The average Bonchev–Trinajstić information content (AvgIpc) is 2.99. The molecule has 0 radical (unpaired) electrons. The Labute approximate surface area is 106 Å². The first-order chi connectivity index (χ1) is 8.95. The Morgan fingerprint density at radius 1 is 0.889 bits per heavy atom. The topological polar surface area (TPSA) is 17.8 Å². The maximum atomic E-state index is 4.48. The minimum absolute atomic E-state index is 0.264. The number of aromatic nitrogens is 2. The van der Waals surface area contributed by atoms with Gasteiger partial charge >= 0.3 is 0 Å². The van der Waals surface area contributed by atoms with E-state index in [-0.39, 0.29) is 6.04 Å². The van der Waals surface area contributed by atoms with Gasteiger partial charge in [0.2, 0.25) is 0 Å². The van der Waals surface area contributed by atoms with E-state index in [1.807, 2.05) is 6.20 Å². The van der Waals surface area contributed by atoms with Gasteiger partial charge in [0, 0.05) is 18.0 Å². The molecule has 0 bridgehead atoms. The lowest BCUT2D eigenvalue weighted by Crippen LogP contribution is -2.05. The Hall–Kier alpha value is -2.35. The lowest BCUT2D eigenvalue weighted by molar-refractivity contribution is 0.716. The summed E-state index contributed by atoms with van der Waals surface area (Å²) in [5.74, 6) is 1.07. The van der Waals surface area contributed by atoms with Crippen molar-refractivity contribution in [3.8, 4) is 11.4 Å². The fourth-order valence-corrected chi connectivity index (χ4v) is 2.79. The van der Waals surface area contributed by atoms with Gasteiger partial charge in [-0.1, -0.05) is 54.6 Å². The number of hydrogen-bond acceptors (Lipinski definition) is 1. The van der Waals surface area contributed by atoms with Crippen LogP contribution in [0.15, 0.2) is 67.0 Å². The second kappa shape index (κ2) is 3.57. The van der Waals surface area contributed by atoms with Crippen molar-refractivity contribution in [2.24, 2.45) is 0 Å². The molecule has 4 rings (SSSR count). The Bertz CT molecular complexity index is 698. The molecule has 0 saturated heterocycles. The van der Waals surface area contributed by atoms with Crippen molar-refractivity contribution >= 4 is 0 Å². The molecule has 0 saturated carbocycles. The normalized spacial score (nSPS) is 16.3. The van der Waals surface area contributed by atoms with Crippen LogP contribution in [0.25, 0.3) is 11.4 Å². The van der Waals surface area contributed by atoms with E-state index in [1.165, 1.54) is 16.7 Å². The van der Waals surface area contributed by atoms with Crippen LogP contribution in [-0.2, 0) is 0 Å². The third-order valence-electron chi connectivity index (χ3n) is 3.56. The van der Waals surface area contributed by atoms with Crippen LogP contribution < -0.4 is 0 Å². The number of nitrogens with zero attached hydrogens (tertiary/aromatic N) is 2. The number of imidazole rings is 1. The predicted octanol–water partition coefficient (Wildman–Crippen LogP) is 3.50. The number of rotatable bonds is 1. The standard InChI is InChI=1S/C16H12N2/c1-2-6-12(7-3-1)15-13-8-4-5-9-14(13)16-17-10-11-18(15)16/h1-11,15H. The van der Waals surface area contributed by atoms with Crippen LogP contribution in [-0.4, -0.2) is 9.55 Å². The zero-order valence-electron chi connectivity index (χ0n) is 9.82. The number of fused-ring (bicyclic) bond motifs is 3. The molecular weight excluding hydrogens is 220 g/mol. The summed E-state index contributed by atoms with van der Waals surface area (Å²) in [5.41, 5.74) is 3.89. The molecule has 0 aliphatic carbocycles. The Morgan fingerprint density at radius 2 is 1.67 bits per heavy atom. The van der Waals surface area contributed by atoms with Crippen molar-refractivity contribution in [2.75, 3.05) is 0 Å². The van der Waals surface area contributed by atoms with Gasteiger partial charge in [0.25, 0.3) is 0 Å². The zero-order valence-corrected chi connectivity index (χ0v) is 9.82. The molecule has 0 N–H and O–H groups in total. The van der Waals surface area contributed by atoms with Crippen molar-refractivity contribution in [1.29, 1.82) is 0 Å². The van der Waals surface area contributed by atoms with Gasteiger partial charge in [-0.05, 0) is 11.1 Å². The van der Waals surface area contributed by atoms with Crippen molar-refractivity contribution in [3.63, 3.8) is 0 Å².